The first-order valence-electron chi connectivity index (χ1n) is 9.11. The van der Waals surface area contributed by atoms with Crippen LogP contribution in [0.25, 0.3) is 0 Å². The van der Waals surface area contributed by atoms with Crippen LogP contribution in [0.5, 0.6) is 0 Å². The largest absolute Gasteiger partial charge is 0.333 e. The number of amides is 2. The molecule has 0 N–H and O–H groups in total. The highest BCUT2D eigenvalue weighted by molar-refractivity contribution is 7.09. The molecule has 0 spiro atoms. The van der Waals surface area contributed by atoms with E-state index in [1.807, 2.05) is 59.7 Å². The first-order valence-corrected chi connectivity index (χ1v) is 9.99. The number of carbonyl (C=O) groups excluding carboxylic acids is 2. The number of thiophene rings is 1. The summed E-state index contributed by atoms with van der Waals surface area (Å²) >= 11 is 1.65. The Hall–Kier alpha value is -2.14. The molecule has 1 aromatic heterocycles. The van der Waals surface area contributed by atoms with Gasteiger partial charge in [-0.3, -0.25) is 9.59 Å². The third-order valence-electron chi connectivity index (χ3n) is 4.06. The van der Waals surface area contributed by atoms with Crippen LogP contribution in [-0.4, -0.2) is 34.7 Å². The maximum Gasteiger partial charge on any atom is 0.242 e. The molecule has 1 aromatic carbocycles. The number of hydrogen-bond acceptors (Lipinski definition) is 3. The standard InChI is InChI=1S/C21H28N2O2S/c1-4-20(24)22(13-17(2)3)16-21(25)23(15-19-11-8-12-26-19)14-18-9-6-5-7-10-18/h5-12,17H,4,13-16H2,1-3H3. The summed E-state index contributed by atoms with van der Waals surface area (Å²) in [5, 5.41) is 2.02. The fraction of sp³-hybridized carbons (Fsp3) is 0.429. The van der Waals surface area contributed by atoms with Crippen molar-refractivity contribution in [2.75, 3.05) is 13.1 Å². The van der Waals surface area contributed by atoms with Crippen LogP contribution in [0.4, 0.5) is 0 Å². The van der Waals surface area contributed by atoms with Crippen LogP contribution >= 0.6 is 11.3 Å². The Morgan fingerprint density at radius 1 is 0.962 bits per heavy atom. The minimum atomic E-state index is -0.00953. The number of nitrogens with zero attached hydrogens (tertiary/aromatic N) is 2. The zero-order valence-corrected chi connectivity index (χ0v) is 16.7. The van der Waals surface area contributed by atoms with Crippen molar-refractivity contribution < 1.29 is 9.59 Å². The Labute approximate surface area is 160 Å². The minimum Gasteiger partial charge on any atom is -0.333 e. The molecule has 0 bridgehead atoms. The van der Waals surface area contributed by atoms with Gasteiger partial charge in [0.05, 0.1) is 13.1 Å². The molecule has 0 aliphatic heterocycles. The zero-order chi connectivity index (χ0) is 18.9. The van der Waals surface area contributed by atoms with Gasteiger partial charge in [0.1, 0.15) is 0 Å². The molecule has 4 nitrogen and oxygen atoms in total. The molecule has 26 heavy (non-hydrogen) atoms. The summed E-state index contributed by atoms with van der Waals surface area (Å²) in [4.78, 5) is 29.9. The van der Waals surface area contributed by atoms with Crippen molar-refractivity contribution in [3.63, 3.8) is 0 Å². The van der Waals surface area contributed by atoms with Crippen molar-refractivity contribution >= 4 is 23.2 Å². The highest BCUT2D eigenvalue weighted by Crippen LogP contribution is 2.15. The van der Waals surface area contributed by atoms with Gasteiger partial charge in [-0.2, -0.15) is 0 Å². The second-order valence-electron chi connectivity index (χ2n) is 6.84. The average molecular weight is 373 g/mol. The quantitative estimate of drug-likeness (QED) is 0.663. The molecule has 0 aliphatic rings. The maximum absolute atomic E-state index is 13.0. The lowest BCUT2D eigenvalue weighted by molar-refractivity contribution is -0.141. The van der Waals surface area contributed by atoms with E-state index in [0.29, 0.717) is 32.0 Å². The summed E-state index contributed by atoms with van der Waals surface area (Å²) in [7, 11) is 0. The Kier molecular flexibility index (Phi) is 7.85. The van der Waals surface area contributed by atoms with E-state index in [0.717, 1.165) is 10.4 Å². The molecule has 140 valence electrons. The number of benzene rings is 1. The van der Waals surface area contributed by atoms with Crippen LogP contribution in [0.1, 0.15) is 37.6 Å². The monoisotopic (exact) mass is 372 g/mol. The van der Waals surface area contributed by atoms with Gasteiger partial charge in [-0.25, -0.2) is 0 Å². The Bertz CT molecular complexity index is 683. The summed E-state index contributed by atoms with van der Waals surface area (Å²) in [5.74, 6) is 0.353. The molecular weight excluding hydrogens is 344 g/mol. The molecule has 2 amide bonds. The molecule has 0 fully saturated rings. The van der Waals surface area contributed by atoms with Crippen molar-refractivity contribution in [3.8, 4) is 0 Å². The summed E-state index contributed by atoms with van der Waals surface area (Å²) < 4.78 is 0. The van der Waals surface area contributed by atoms with E-state index >= 15 is 0 Å². The SMILES string of the molecule is CCC(=O)N(CC(=O)N(Cc1ccccc1)Cc1cccs1)CC(C)C. The fourth-order valence-corrected chi connectivity index (χ4v) is 3.53. The molecule has 0 unspecified atom stereocenters. The van der Waals surface area contributed by atoms with E-state index in [4.69, 9.17) is 0 Å². The zero-order valence-electron chi connectivity index (χ0n) is 15.9. The Balaban J connectivity index is 2.13. The molecule has 0 saturated heterocycles. The van der Waals surface area contributed by atoms with Gasteiger partial charge >= 0.3 is 0 Å². The van der Waals surface area contributed by atoms with Crippen LogP contribution in [0.3, 0.4) is 0 Å². The summed E-state index contributed by atoms with van der Waals surface area (Å²) in [6.45, 7) is 7.84. The first-order chi connectivity index (χ1) is 12.5. The maximum atomic E-state index is 13.0. The molecule has 0 atom stereocenters. The van der Waals surface area contributed by atoms with Crippen LogP contribution in [0, 0.1) is 5.92 Å². The summed E-state index contributed by atoms with van der Waals surface area (Å²) in [6, 6.07) is 14.0. The lowest BCUT2D eigenvalue weighted by Gasteiger charge is -2.28. The van der Waals surface area contributed by atoms with Crippen molar-refractivity contribution in [1.29, 1.82) is 0 Å². The van der Waals surface area contributed by atoms with Gasteiger partial charge in [0.25, 0.3) is 0 Å². The fourth-order valence-electron chi connectivity index (χ4n) is 2.81. The van der Waals surface area contributed by atoms with E-state index in [1.54, 1.807) is 16.2 Å². The topological polar surface area (TPSA) is 40.6 Å². The number of rotatable bonds is 9. The van der Waals surface area contributed by atoms with E-state index in [1.165, 1.54) is 0 Å². The van der Waals surface area contributed by atoms with Gasteiger partial charge in [0.2, 0.25) is 11.8 Å². The average Bonchev–Trinajstić information content (AvgIpc) is 3.13. The van der Waals surface area contributed by atoms with E-state index in [2.05, 4.69) is 13.8 Å². The molecular formula is C21H28N2O2S. The highest BCUT2D eigenvalue weighted by atomic mass is 32.1. The van der Waals surface area contributed by atoms with Crippen LogP contribution in [0.15, 0.2) is 47.8 Å². The smallest absolute Gasteiger partial charge is 0.242 e. The van der Waals surface area contributed by atoms with Gasteiger partial charge < -0.3 is 9.80 Å². The molecule has 2 aromatic rings. The molecule has 0 saturated carbocycles. The van der Waals surface area contributed by atoms with E-state index < -0.39 is 0 Å². The normalized spacial score (nSPS) is 10.8. The van der Waals surface area contributed by atoms with Crippen LogP contribution < -0.4 is 0 Å². The molecule has 5 heteroatoms. The van der Waals surface area contributed by atoms with E-state index in [-0.39, 0.29) is 18.4 Å². The molecule has 0 radical (unpaired) electrons. The second-order valence-corrected chi connectivity index (χ2v) is 7.87. The van der Waals surface area contributed by atoms with Gasteiger partial charge in [0.15, 0.2) is 0 Å². The van der Waals surface area contributed by atoms with Gasteiger partial charge in [0, 0.05) is 24.4 Å². The van der Waals surface area contributed by atoms with Crippen molar-refractivity contribution in [2.24, 2.45) is 5.92 Å². The number of carbonyl (C=O) groups is 2. The number of hydrogen-bond donors (Lipinski definition) is 0. The minimum absolute atomic E-state index is 0.00953. The lowest BCUT2D eigenvalue weighted by atomic mass is 10.2. The van der Waals surface area contributed by atoms with Crippen molar-refractivity contribution in [3.05, 3.63) is 58.3 Å². The van der Waals surface area contributed by atoms with Gasteiger partial charge in [-0.15, -0.1) is 11.3 Å². The second kappa shape index (κ2) is 10.1. The van der Waals surface area contributed by atoms with Crippen molar-refractivity contribution in [2.45, 2.75) is 40.3 Å². The third-order valence-corrected chi connectivity index (χ3v) is 4.92. The Morgan fingerprint density at radius 2 is 1.69 bits per heavy atom. The van der Waals surface area contributed by atoms with Crippen LogP contribution in [-0.2, 0) is 22.7 Å². The van der Waals surface area contributed by atoms with Gasteiger partial charge in [-0.1, -0.05) is 57.2 Å². The van der Waals surface area contributed by atoms with E-state index in [9.17, 15) is 9.59 Å². The molecule has 0 aliphatic carbocycles. The molecule has 2 rings (SSSR count). The summed E-state index contributed by atoms with van der Waals surface area (Å²) in [6.07, 6.45) is 0.420. The van der Waals surface area contributed by atoms with Crippen molar-refractivity contribution in [1.82, 2.24) is 9.80 Å². The third kappa shape index (κ3) is 6.30. The Morgan fingerprint density at radius 3 is 2.27 bits per heavy atom. The summed E-state index contributed by atoms with van der Waals surface area (Å²) in [5.41, 5.74) is 1.09. The predicted molar refractivity (Wildman–Crippen MR) is 107 cm³/mol. The first kappa shape index (κ1) is 20.2. The highest BCUT2D eigenvalue weighted by Gasteiger charge is 2.21. The lowest BCUT2D eigenvalue weighted by Crippen LogP contribution is -2.43. The van der Waals surface area contributed by atoms with Gasteiger partial charge in [-0.05, 0) is 22.9 Å². The molecule has 1 heterocycles. The predicted octanol–water partition coefficient (Wildman–Crippen LogP) is 4.17. The van der Waals surface area contributed by atoms with Crippen LogP contribution in [0.2, 0.25) is 0 Å².